The molecule has 0 unspecified atom stereocenters. The third kappa shape index (κ3) is 3.98. The van der Waals surface area contributed by atoms with Crippen molar-refractivity contribution in [1.29, 1.82) is 0 Å². The van der Waals surface area contributed by atoms with Gasteiger partial charge in [0.2, 0.25) is 5.95 Å². The van der Waals surface area contributed by atoms with Crippen LogP contribution in [0.4, 0.5) is 10.7 Å². The fourth-order valence-corrected chi connectivity index (χ4v) is 2.51. The lowest BCUT2D eigenvalue weighted by atomic mass is 10.2. The summed E-state index contributed by atoms with van der Waals surface area (Å²) in [4.78, 5) is 16.4. The van der Waals surface area contributed by atoms with Gasteiger partial charge in [0.05, 0.1) is 19.0 Å². The predicted molar refractivity (Wildman–Crippen MR) is 97.5 cm³/mol. The van der Waals surface area contributed by atoms with E-state index in [1.807, 2.05) is 66.2 Å². The van der Waals surface area contributed by atoms with Crippen molar-refractivity contribution in [3.8, 4) is 17.0 Å². The number of rotatable bonds is 5. The number of nitrogens with zero attached hydrogens (tertiary/aromatic N) is 2. The summed E-state index contributed by atoms with van der Waals surface area (Å²) in [5.41, 5.74) is 2.94. The van der Waals surface area contributed by atoms with Crippen molar-refractivity contribution >= 4 is 12.0 Å². The van der Waals surface area contributed by atoms with Crippen LogP contribution in [0.1, 0.15) is 5.56 Å². The Labute approximate surface area is 146 Å². The highest BCUT2D eigenvalue weighted by Crippen LogP contribution is 2.21. The second-order valence-electron chi connectivity index (χ2n) is 5.55. The topological polar surface area (TPSA) is 68.2 Å². The maximum Gasteiger partial charge on any atom is 0.321 e. The number of aromatic nitrogens is 2. The van der Waals surface area contributed by atoms with Gasteiger partial charge < -0.3 is 14.6 Å². The number of nitrogens with one attached hydrogen (secondary N) is 2. The van der Waals surface area contributed by atoms with Crippen LogP contribution in [0.25, 0.3) is 11.3 Å². The summed E-state index contributed by atoms with van der Waals surface area (Å²) in [6, 6.07) is 17.2. The van der Waals surface area contributed by atoms with Gasteiger partial charge in [-0.15, -0.1) is 0 Å². The van der Waals surface area contributed by atoms with Crippen LogP contribution >= 0.6 is 0 Å². The minimum atomic E-state index is -0.309. The van der Waals surface area contributed by atoms with Crippen LogP contribution in [0, 0.1) is 0 Å². The van der Waals surface area contributed by atoms with E-state index in [2.05, 4.69) is 15.6 Å². The number of anilines is 1. The number of methoxy groups -OCH3 is 1. The quantitative estimate of drug-likeness (QED) is 0.750. The Hall–Kier alpha value is -3.28. The largest absolute Gasteiger partial charge is 0.497 e. The number of urea groups is 1. The zero-order chi connectivity index (χ0) is 17.6. The van der Waals surface area contributed by atoms with Gasteiger partial charge in [-0.3, -0.25) is 5.32 Å². The average Bonchev–Trinajstić information content (AvgIpc) is 3.01. The smallest absolute Gasteiger partial charge is 0.321 e. The van der Waals surface area contributed by atoms with E-state index >= 15 is 0 Å². The summed E-state index contributed by atoms with van der Waals surface area (Å²) < 4.78 is 7.02. The number of carbonyl (C=O) groups excluding carboxylic acids is 1. The van der Waals surface area contributed by atoms with Gasteiger partial charge in [0.1, 0.15) is 5.75 Å². The number of benzene rings is 2. The van der Waals surface area contributed by atoms with Crippen LogP contribution in [0.5, 0.6) is 5.75 Å². The normalized spacial score (nSPS) is 10.3. The van der Waals surface area contributed by atoms with Gasteiger partial charge >= 0.3 is 6.03 Å². The van der Waals surface area contributed by atoms with E-state index in [0.717, 1.165) is 22.6 Å². The Balaban J connectivity index is 1.62. The van der Waals surface area contributed by atoms with Gasteiger partial charge in [0, 0.05) is 13.6 Å². The van der Waals surface area contributed by atoms with Crippen molar-refractivity contribution in [2.24, 2.45) is 7.05 Å². The standard InChI is InChI=1S/C19H20N4O2/c1-23-17(15-8-4-3-5-9-15)13-20-18(23)22-19(24)21-12-14-7-6-10-16(11-14)25-2/h3-11,13H,12H2,1-2H3,(H2,20,21,22,24). The second kappa shape index (κ2) is 7.53. The molecule has 6 heteroatoms. The Morgan fingerprint density at radius 2 is 1.96 bits per heavy atom. The molecule has 0 atom stereocenters. The van der Waals surface area contributed by atoms with Crippen LogP contribution in [0.2, 0.25) is 0 Å². The molecule has 0 bridgehead atoms. The van der Waals surface area contributed by atoms with E-state index in [1.165, 1.54) is 0 Å². The molecule has 0 aliphatic rings. The molecule has 0 aliphatic carbocycles. The van der Waals surface area contributed by atoms with E-state index in [-0.39, 0.29) is 6.03 Å². The van der Waals surface area contributed by atoms with Crippen LogP contribution in [0.3, 0.4) is 0 Å². The van der Waals surface area contributed by atoms with Crippen molar-refractivity contribution in [1.82, 2.24) is 14.9 Å². The monoisotopic (exact) mass is 336 g/mol. The summed E-state index contributed by atoms with van der Waals surface area (Å²) in [5.74, 6) is 1.25. The summed E-state index contributed by atoms with van der Waals surface area (Å²) >= 11 is 0. The highest BCUT2D eigenvalue weighted by Gasteiger charge is 2.11. The van der Waals surface area contributed by atoms with Gasteiger partial charge in [-0.05, 0) is 23.3 Å². The van der Waals surface area contributed by atoms with Crippen molar-refractivity contribution in [2.45, 2.75) is 6.54 Å². The number of hydrogen-bond acceptors (Lipinski definition) is 3. The molecule has 0 saturated heterocycles. The second-order valence-corrected chi connectivity index (χ2v) is 5.55. The minimum absolute atomic E-state index is 0.309. The third-order valence-electron chi connectivity index (χ3n) is 3.87. The molecule has 25 heavy (non-hydrogen) atoms. The first-order valence-corrected chi connectivity index (χ1v) is 7.92. The van der Waals surface area contributed by atoms with Crippen LogP contribution in [-0.4, -0.2) is 22.7 Å². The molecule has 0 radical (unpaired) electrons. The van der Waals surface area contributed by atoms with E-state index in [0.29, 0.717) is 12.5 Å². The van der Waals surface area contributed by atoms with Crippen LogP contribution < -0.4 is 15.4 Å². The molecule has 6 nitrogen and oxygen atoms in total. The van der Waals surface area contributed by atoms with Crippen molar-refractivity contribution in [2.75, 3.05) is 12.4 Å². The number of imidazole rings is 1. The molecule has 0 spiro atoms. The van der Waals surface area contributed by atoms with Crippen molar-refractivity contribution in [3.05, 3.63) is 66.4 Å². The minimum Gasteiger partial charge on any atom is -0.497 e. The lowest BCUT2D eigenvalue weighted by Gasteiger charge is -2.09. The molecule has 1 aromatic heterocycles. The Morgan fingerprint density at radius 1 is 1.16 bits per heavy atom. The van der Waals surface area contributed by atoms with Gasteiger partial charge in [0.25, 0.3) is 0 Å². The molecule has 3 rings (SSSR count). The third-order valence-corrected chi connectivity index (χ3v) is 3.87. The summed E-state index contributed by atoms with van der Waals surface area (Å²) in [5, 5.41) is 5.59. The summed E-state index contributed by atoms with van der Waals surface area (Å²) in [6.07, 6.45) is 1.74. The molecule has 0 aliphatic heterocycles. The van der Waals surface area contributed by atoms with Gasteiger partial charge in [-0.2, -0.15) is 0 Å². The van der Waals surface area contributed by atoms with Gasteiger partial charge in [0.15, 0.2) is 0 Å². The predicted octanol–water partition coefficient (Wildman–Crippen LogP) is 3.42. The first-order chi connectivity index (χ1) is 12.2. The number of ether oxygens (including phenoxy) is 1. The molecule has 2 aromatic carbocycles. The molecule has 0 fully saturated rings. The number of amides is 2. The average molecular weight is 336 g/mol. The molecule has 2 amide bonds. The number of hydrogen-bond donors (Lipinski definition) is 2. The maximum atomic E-state index is 12.1. The zero-order valence-corrected chi connectivity index (χ0v) is 14.2. The lowest BCUT2D eigenvalue weighted by Crippen LogP contribution is -2.29. The highest BCUT2D eigenvalue weighted by molar-refractivity contribution is 5.87. The van der Waals surface area contributed by atoms with Crippen LogP contribution in [-0.2, 0) is 13.6 Å². The first kappa shape index (κ1) is 16.6. The molecular formula is C19H20N4O2. The summed E-state index contributed by atoms with van der Waals surface area (Å²) in [6.45, 7) is 0.402. The molecule has 1 heterocycles. The van der Waals surface area contributed by atoms with E-state index < -0.39 is 0 Å². The fourth-order valence-electron chi connectivity index (χ4n) is 2.51. The first-order valence-electron chi connectivity index (χ1n) is 7.92. The van der Waals surface area contributed by atoms with E-state index in [9.17, 15) is 4.79 Å². The van der Waals surface area contributed by atoms with Crippen molar-refractivity contribution < 1.29 is 9.53 Å². The van der Waals surface area contributed by atoms with Gasteiger partial charge in [-0.1, -0.05) is 42.5 Å². The fraction of sp³-hybridized carbons (Fsp3) is 0.158. The van der Waals surface area contributed by atoms with Crippen LogP contribution in [0.15, 0.2) is 60.8 Å². The molecular weight excluding hydrogens is 316 g/mol. The Bertz CT molecular complexity index is 859. The van der Waals surface area contributed by atoms with Gasteiger partial charge in [-0.25, -0.2) is 9.78 Å². The SMILES string of the molecule is COc1cccc(CNC(=O)Nc2ncc(-c3ccccc3)n2C)c1. The van der Waals surface area contributed by atoms with E-state index in [4.69, 9.17) is 4.74 Å². The zero-order valence-electron chi connectivity index (χ0n) is 14.2. The number of carbonyl (C=O) groups is 1. The lowest BCUT2D eigenvalue weighted by molar-refractivity contribution is 0.251. The maximum absolute atomic E-state index is 12.1. The molecule has 2 N–H and O–H groups in total. The Morgan fingerprint density at radius 3 is 2.72 bits per heavy atom. The van der Waals surface area contributed by atoms with E-state index in [1.54, 1.807) is 13.3 Å². The molecule has 3 aromatic rings. The molecule has 128 valence electrons. The summed E-state index contributed by atoms with van der Waals surface area (Å²) in [7, 11) is 3.48. The molecule has 0 saturated carbocycles. The Kier molecular flexibility index (Phi) is 4.99. The van der Waals surface area contributed by atoms with Crippen molar-refractivity contribution in [3.63, 3.8) is 0 Å². The highest BCUT2D eigenvalue weighted by atomic mass is 16.5.